The molecule has 11 rings (SSSR count). The predicted molar refractivity (Wildman–Crippen MR) is 237 cm³/mol. The number of nitrogens with zero attached hydrogens (tertiary/aromatic N) is 3. The summed E-state index contributed by atoms with van der Waals surface area (Å²) in [5, 5.41) is 6.89. The Labute approximate surface area is 332 Å². The third kappa shape index (κ3) is 5.16. The summed E-state index contributed by atoms with van der Waals surface area (Å²) in [7, 11) is 0. The van der Waals surface area contributed by atoms with Gasteiger partial charge in [-0.1, -0.05) is 202 Å². The maximum absolute atomic E-state index is 5.59. The minimum Gasteiger partial charge on any atom is -0.208 e. The molecule has 0 fully saturated rings. The Kier molecular flexibility index (Phi) is 7.52. The summed E-state index contributed by atoms with van der Waals surface area (Å²) in [5.74, 6) is 1.95. The molecule has 0 atom stereocenters. The first-order valence-electron chi connectivity index (χ1n) is 19.6. The predicted octanol–water partition coefficient (Wildman–Crippen LogP) is 14.0. The molecule has 1 aromatic heterocycles. The van der Waals surface area contributed by atoms with E-state index in [-0.39, 0.29) is 5.41 Å². The van der Waals surface area contributed by atoms with Gasteiger partial charge in [-0.05, 0) is 71.4 Å². The van der Waals surface area contributed by atoms with Crippen LogP contribution in [-0.4, -0.2) is 15.0 Å². The Hall–Kier alpha value is -7.23. The first-order valence-corrected chi connectivity index (χ1v) is 19.6. The molecule has 0 amide bonds. The second-order valence-corrected chi connectivity index (χ2v) is 15.5. The number of hydrogen-bond acceptors (Lipinski definition) is 3. The lowest BCUT2D eigenvalue weighted by Gasteiger charge is -2.21. The fourth-order valence-electron chi connectivity index (χ4n) is 9.31. The maximum atomic E-state index is 5.59. The molecule has 3 nitrogen and oxygen atoms in total. The monoisotopic (exact) mass is 727 g/mol. The molecule has 0 N–H and O–H groups in total. The van der Waals surface area contributed by atoms with Crippen molar-refractivity contribution in [2.24, 2.45) is 0 Å². The maximum Gasteiger partial charge on any atom is 0.165 e. The Bertz CT molecular complexity index is 3200. The minimum atomic E-state index is -0.168. The van der Waals surface area contributed by atoms with Crippen molar-refractivity contribution in [2.75, 3.05) is 0 Å². The van der Waals surface area contributed by atoms with Crippen LogP contribution >= 0.6 is 0 Å². The zero-order valence-corrected chi connectivity index (χ0v) is 31.7. The van der Waals surface area contributed by atoms with E-state index < -0.39 is 0 Å². The number of hydrogen-bond donors (Lipinski definition) is 0. The molecule has 3 heteroatoms. The second-order valence-electron chi connectivity index (χ2n) is 15.5. The third-order valence-corrected chi connectivity index (χ3v) is 11.9. The van der Waals surface area contributed by atoms with E-state index in [4.69, 9.17) is 15.0 Å². The van der Waals surface area contributed by atoms with E-state index in [1.807, 2.05) is 0 Å². The average molecular weight is 728 g/mol. The topological polar surface area (TPSA) is 38.7 Å². The summed E-state index contributed by atoms with van der Waals surface area (Å²) in [6.45, 7) is 4.64. The van der Waals surface area contributed by atoms with Gasteiger partial charge in [-0.3, -0.25) is 0 Å². The van der Waals surface area contributed by atoms with Crippen molar-refractivity contribution in [1.82, 2.24) is 15.0 Å². The number of rotatable bonds is 5. The molecule has 0 spiro atoms. The van der Waals surface area contributed by atoms with Gasteiger partial charge < -0.3 is 0 Å². The highest BCUT2D eigenvalue weighted by atomic mass is 15.0. The average Bonchev–Trinajstić information content (AvgIpc) is 3.51. The first kappa shape index (κ1) is 33.1. The molecule has 1 aliphatic carbocycles. The van der Waals surface area contributed by atoms with Gasteiger partial charge in [0.05, 0.1) is 0 Å². The van der Waals surface area contributed by atoms with Gasteiger partial charge in [0.25, 0.3) is 0 Å². The largest absolute Gasteiger partial charge is 0.208 e. The standard InChI is InChI=1S/C54H37N3/c1-54(2)45-30-16-15-28-42(45)48-44(29-17-31-46(48)54)52-55-51(41-27-14-11-23-37(41)34-18-5-3-6-19-34)56-53(57-52)50-40-26-13-12-25-39(40)47(36-21-7-4-8-22-36)43-33-32-35-20-9-10-24-38(35)49(43)50/h3-33H,1-2H3. The fourth-order valence-corrected chi connectivity index (χ4v) is 9.31. The quantitative estimate of drug-likeness (QED) is 0.131. The number of benzene rings is 9. The Morgan fingerprint density at radius 3 is 1.60 bits per heavy atom. The normalized spacial score (nSPS) is 12.9. The molecule has 0 aliphatic heterocycles. The summed E-state index contributed by atoms with van der Waals surface area (Å²) in [6, 6.07) is 67.1. The molecule has 0 radical (unpaired) electrons. The first-order chi connectivity index (χ1) is 28.1. The van der Waals surface area contributed by atoms with Crippen LogP contribution in [0.3, 0.4) is 0 Å². The van der Waals surface area contributed by atoms with E-state index >= 15 is 0 Å². The summed E-state index contributed by atoms with van der Waals surface area (Å²) < 4.78 is 0. The van der Waals surface area contributed by atoms with E-state index in [0.717, 1.165) is 54.7 Å². The van der Waals surface area contributed by atoms with Crippen LogP contribution in [0.15, 0.2) is 188 Å². The van der Waals surface area contributed by atoms with E-state index in [0.29, 0.717) is 17.5 Å². The highest BCUT2D eigenvalue weighted by molar-refractivity contribution is 6.27. The van der Waals surface area contributed by atoms with E-state index in [2.05, 4.69) is 202 Å². The molecule has 0 saturated carbocycles. The number of fused-ring (bicyclic) bond motifs is 7. The van der Waals surface area contributed by atoms with Crippen molar-refractivity contribution in [2.45, 2.75) is 19.3 Å². The summed E-state index contributed by atoms with van der Waals surface area (Å²) in [5.41, 5.74) is 12.4. The Morgan fingerprint density at radius 2 is 0.842 bits per heavy atom. The zero-order valence-electron chi connectivity index (χ0n) is 31.7. The molecular weight excluding hydrogens is 691 g/mol. The van der Waals surface area contributed by atoms with Gasteiger partial charge >= 0.3 is 0 Å². The minimum absolute atomic E-state index is 0.168. The van der Waals surface area contributed by atoms with Crippen LogP contribution in [0.2, 0.25) is 0 Å². The summed E-state index contributed by atoms with van der Waals surface area (Å²) in [6.07, 6.45) is 0. The van der Waals surface area contributed by atoms with E-state index in [9.17, 15) is 0 Å². The van der Waals surface area contributed by atoms with Gasteiger partial charge in [-0.25, -0.2) is 15.0 Å². The zero-order chi connectivity index (χ0) is 38.1. The lowest BCUT2D eigenvalue weighted by Crippen LogP contribution is -2.14. The highest BCUT2D eigenvalue weighted by Gasteiger charge is 2.37. The van der Waals surface area contributed by atoms with Gasteiger partial charge in [0.1, 0.15) is 0 Å². The van der Waals surface area contributed by atoms with Crippen molar-refractivity contribution in [3.8, 4) is 67.5 Å². The molecule has 1 aliphatic rings. The van der Waals surface area contributed by atoms with Gasteiger partial charge in [-0.15, -0.1) is 0 Å². The van der Waals surface area contributed by atoms with Crippen molar-refractivity contribution in [3.05, 3.63) is 199 Å². The Balaban J connectivity index is 1.30. The van der Waals surface area contributed by atoms with Gasteiger partial charge in [-0.2, -0.15) is 0 Å². The van der Waals surface area contributed by atoms with Gasteiger partial charge in [0, 0.05) is 27.5 Å². The molecule has 57 heavy (non-hydrogen) atoms. The van der Waals surface area contributed by atoms with Crippen molar-refractivity contribution in [3.63, 3.8) is 0 Å². The fraction of sp³-hybridized carbons (Fsp3) is 0.0556. The van der Waals surface area contributed by atoms with Crippen LogP contribution in [0.4, 0.5) is 0 Å². The molecule has 0 unspecified atom stereocenters. The molecule has 268 valence electrons. The molecule has 10 aromatic rings. The lowest BCUT2D eigenvalue weighted by molar-refractivity contribution is 0.660. The van der Waals surface area contributed by atoms with Gasteiger partial charge in [0.15, 0.2) is 17.5 Å². The smallest absolute Gasteiger partial charge is 0.165 e. The van der Waals surface area contributed by atoms with Gasteiger partial charge in [0.2, 0.25) is 0 Å². The summed E-state index contributed by atoms with van der Waals surface area (Å²) in [4.78, 5) is 16.6. The third-order valence-electron chi connectivity index (χ3n) is 11.9. The second kappa shape index (κ2) is 12.9. The van der Waals surface area contributed by atoms with E-state index in [1.54, 1.807) is 0 Å². The molecule has 9 aromatic carbocycles. The molecule has 1 heterocycles. The molecule has 0 bridgehead atoms. The SMILES string of the molecule is CC1(C)c2ccccc2-c2c(-c3nc(-c4ccccc4-c4ccccc4)nc(-c4c5ccccc5c(-c5ccccc5)c5ccc6ccccc6c45)n3)cccc21. The van der Waals surface area contributed by atoms with Crippen molar-refractivity contribution in [1.29, 1.82) is 0 Å². The van der Waals surface area contributed by atoms with Crippen LogP contribution in [0, 0.1) is 0 Å². The van der Waals surface area contributed by atoms with Crippen LogP contribution in [0.1, 0.15) is 25.0 Å². The number of aromatic nitrogens is 3. The van der Waals surface area contributed by atoms with Crippen molar-refractivity contribution >= 4 is 32.3 Å². The summed E-state index contributed by atoms with van der Waals surface area (Å²) >= 11 is 0. The van der Waals surface area contributed by atoms with Crippen molar-refractivity contribution < 1.29 is 0 Å². The van der Waals surface area contributed by atoms with Crippen LogP contribution < -0.4 is 0 Å². The lowest BCUT2D eigenvalue weighted by atomic mass is 9.82. The van der Waals surface area contributed by atoms with Crippen LogP contribution in [0.5, 0.6) is 0 Å². The molecular formula is C54H37N3. The van der Waals surface area contributed by atoms with Crippen LogP contribution in [0.25, 0.3) is 99.9 Å². The highest BCUT2D eigenvalue weighted by Crippen LogP contribution is 2.52. The van der Waals surface area contributed by atoms with Crippen LogP contribution in [-0.2, 0) is 5.41 Å². The molecule has 0 saturated heterocycles. The Morgan fingerprint density at radius 1 is 0.316 bits per heavy atom. The van der Waals surface area contributed by atoms with E-state index in [1.165, 1.54) is 38.8 Å².